The topological polar surface area (TPSA) is 159 Å². The van der Waals surface area contributed by atoms with Crippen LogP contribution in [0.15, 0.2) is 23.1 Å². The second-order valence-electron chi connectivity index (χ2n) is 9.33. The van der Waals surface area contributed by atoms with Crippen LogP contribution in [-0.4, -0.2) is 60.5 Å². The van der Waals surface area contributed by atoms with Crippen molar-refractivity contribution in [3.63, 3.8) is 0 Å². The smallest absolute Gasteiger partial charge is 0.310 e. The van der Waals surface area contributed by atoms with E-state index < -0.39 is 103 Å². The van der Waals surface area contributed by atoms with Gasteiger partial charge in [-0.1, -0.05) is 11.6 Å². The Morgan fingerprint density at radius 2 is 1.86 bits per heavy atom. The lowest BCUT2D eigenvalue weighted by molar-refractivity contribution is -0.177. The van der Waals surface area contributed by atoms with Gasteiger partial charge in [-0.25, -0.2) is 21.6 Å². The number of hydrogen-bond donors (Lipinski definition) is 2. The standard InChI is InChI=1S/C21H19ClF3N3O6S/c22-13-3-10(23)1-2-14(13)35(33,34)11-4-12(16(29)28-8-20(24,25)9-28)21(5-11,18(31)32)15-6-19(15,7-26)17(27)30/h1-3,11-12,15H,4-6,8-9H2,(H2,27,30)(H,31,32)/t11-,12+,15?,19?,21+/m1/s1. The number of primary amides is 1. The van der Waals surface area contributed by atoms with Crippen LogP contribution in [0.4, 0.5) is 13.2 Å². The van der Waals surface area contributed by atoms with Crippen LogP contribution in [0.5, 0.6) is 0 Å². The molecule has 5 atom stereocenters. The molecule has 3 fully saturated rings. The molecule has 0 radical (unpaired) electrons. The molecule has 188 valence electrons. The largest absolute Gasteiger partial charge is 0.481 e. The lowest BCUT2D eigenvalue weighted by atomic mass is 9.70. The molecule has 1 aromatic carbocycles. The first-order valence-corrected chi connectivity index (χ1v) is 12.3. The lowest BCUT2D eigenvalue weighted by Crippen LogP contribution is -2.61. The Morgan fingerprint density at radius 1 is 1.23 bits per heavy atom. The van der Waals surface area contributed by atoms with Crippen LogP contribution in [0.3, 0.4) is 0 Å². The molecule has 3 aliphatic rings. The molecule has 0 aromatic heterocycles. The number of hydrogen-bond acceptors (Lipinski definition) is 6. The van der Waals surface area contributed by atoms with Crippen molar-refractivity contribution in [1.29, 1.82) is 5.26 Å². The van der Waals surface area contributed by atoms with Gasteiger partial charge in [-0.05, 0) is 37.5 Å². The van der Waals surface area contributed by atoms with Crippen LogP contribution >= 0.6 is 11.6 Å². The first kappa shape index (κ1) is 25.2. The molecule has 4 rings (SSSR count). The van der Waals surface area contributed by atoms with Gasteiger partial charge in [-0.3, -0.25) is 14.4 Å². The first-order valence-electron chi connectivity index (χ1n) is 10.4. The molecule has 1 aromatic rings. The highest BCUT2D eigenvalue weighted by molar-refractivity contribution is 7.92. The number of carboxylic acids is 1. The molecule has 14 heteroatoms. The third-order valence-corrected chi connectivity index (χ3v) is 10.0. The molecule has 2 amide bonds. The Kier molecular flexibility index (Phi) is 5.65. The van der Waals surface area contributed by atoms with E-state index in [1.807, 2.05) is 0 Å². The molecule has 2 aliphatic carbocycles. The fourth-order valence-corrected chi connectivity index (χ4v) is 7.89. The minimum absolute atomic E-state index is 0.324. The van der Waals surface area contributed by atoms with Crippen molar-refractivity contribution in [1.82, 2.24) is 4.90 Å². The van der Waals surface area contributed by atoms with Crippen LogP contribution in [-0.2, 0) is 24.2 Å². The number of alkyl halides is 2. The van der Waals surface area contributed by atoms with E-state index >= 15 is 0 Å². The van der Waals surface area contributed by atoms with Crippen molar-refractivity contribution >= 4 is 39.2 Å². The second kappa shape index (κ2) is 7.83. The number of benzene rings is 1. The van der Waals surface area contributed by atoms with Gasteiger partial charge in [0.2, 0.25) is 11.8 Å². The number of nitriles is 1. The summed E-state index contributed by atoms with van der Waals surface area (Å²) in [5.74, 6) is -10.7. The van der Waals surface area contributed by atoms with E-state index in [2.05, 4.69) is 0 Å². The van der Waals surface area contributed by atoms with Gasteiger partial charge in [0.15, 0.2) is 9.84 Å². The minimum Gasteiger partial charge on any atom is -0.481 e. The molecule has 1 aliphatic heterocycles. The number of halogens is 4. The van der Waals surface area contributed by atoms with Crippen molar-refractivity contribution in [2.75, 3.05) is 13.1 Å². The molecular weight excluding hydrogens is 515 g/mol. The molecule has 2 saturated carbocycles. The number of sulfone groups is 1. The van der Waals surface area contributed by atoms with Gasteiger partial charge in [0.1, 0.15) is 11.2 Å². The number of nitrogens with zero attached hydrogens (tertiary/aromatic N) is 2. The average molecular weight is 534 g/mol. The van der Waals surface area contributed by atoms with Gasteiger partial charge in [-0.2, -0.15) is 5.26 Å². The quantitative estimate of drug-likeness (QED) is 0.525. The van der Waals surface area contributed by atoms with Crippen LogP contribution in [0.25, 0.3) is 0 Å². The van der Waals surface area contributed by atoms with Gasteiger partial charge in [-0.15, -0.1) is 0 Å². The van der Waals surface area contributed by atoms with E-state index in [0.29, 0.717) is 0 Å². The number of likely N-dealkylation sites (tertiary alicyclic amines) is 1. The van der Waals surface area contributed by atoms with Crippen molar-refractivity contribution in [2.45, 2.75) is 35.3 Å². The number of rotatable bonds is 6. The Labute approximate surface area is 202 Å². The van der Waals surface area contributed by atoms with E-state index in [-0.39, 0.29) is 6.42 Å². The van der Waals surface area contributed by atoms with E-state index in [9.17, 15) is 46.3 Å². The summed E-state index contributed by atoms with van der Waals surface area (Å²) in [6, 6.07) is 4.20. The summed E-state index contributed by atoms with van der Waals surface area (Å²) in [6.07, 6.45) is -1.60. The van der Waals surface area contributed by atoms with Crippen molar-refractivity contribution in [3.05, 3.63) is 29.0 Å². The molecule has 3 N–H and O–H groups in total. The van der Waals surface area contributed by atoms with E-state index in [1.54, 1.807) is 6.07 Å². The number of amides is 2. The minimum atomic E-state index is -4.44. The van der Waals surface area contributed by atoms with Crippen LogP contribution in [0, 0.1) is 39.8 Å². The Balaban J connectivity index is 1.80. The summed E-state index contributed by atoms with van der Waals surface area (Å²) in [6.45, 7) is -1.94. The number of carbonyl (C=O) groups is 3. The predicted octanol–water partition coefficient (Wildman–Crippen LogP) is 1.60. The maximum absolute atomic E-state index is 13.5. The molecule has 35 heavy (non-hydrogen) atoms. The SMILES string of the molecule is N#CC1(C(N)=O)CC1[C@]1(C(=O)O)C[C@H](S(=O)(=O)c2ccc(F)cc2Cl)C[C@H]1C(=O)N1CC(F)(F)C1. The second-order valence-corrected chi connectivity index (χ2v) is 11.9. The predicted molar refractivity (Wildman–Crippen MR) is 112 cm³/mol. The van der Waals surface area contributed by atoms with Gasteiger partial charge in [0, 0.05) is 5.92 Å². The van der Waals surface area contributed by atoms with Gasteiger partial charge in [0.25, 0.3) is 5.92 Å². The molecule has 0 spiro atoms. The fraction of sp³-hybridized carbons (Fsp3) is 0.524. The van der Waals surface area contributed by atoms with E-state index in [4.69, 9.17) is 17.3 Å². The van der Waals surface area contributed by atoms with E-state index in [1.165, 1.54) is 0 Å². The average Bonchev–Trinajstić information content (AvgIpc) is 3.35. The fourth-order valence-electron chi connectivity index (χ4n) is 5.51. The van der Waals surface area contributed by atoms with Crippen molar-refractivity contribution < 1.29 is 41.1 Å². The Bertz CT molecular complexity index is 1290. The summed E-state index contributed by atoms with van der Waals surface area (Å²) in [4.78, 5) is 38.1. The highest BCUT2D eigenvalue weighted by atomic mass is 35.5. The molecular formula is C21H19ClF3N3O6S. The Hall–Kier alpha value is -2.85. The van der Waals surface area contributed by atoms with Gasteiger partial charge < -0.3 is 15.7 Å². The van der Waals surface area contributed by atoms with E-state index in [0.717, 1.165) is 23.1 Å². The summed E-state index contributed by atoms with van der Waals surface area (Å²) >= 11 is 5.92. The Morgan fingerprint density at radius 3 is 2.31 bits per heavy atom. The highest BCUT2D eigenvalue weighted by Gasteiger charge is 2.76. The number of carbonyl (C=O) groups excluding carboxylic acids is 2. The summed E-state index contributed by atoms with van der Waals surface area (Å²) in [5.41, 5.74) is 1.16. The zero-order chi connectivity index (χ0) is 26.1. The molecule has 1 heterocycles. The lowest BCUT2D eigenvalue weighted by Gasteiger charge is -2.42. The van der Waals surface area contributed by atoms with Crippen LogP contribution in [0.2, 0.25) is 5.02 Å². The highest BCUT2D eigenvalue weighted by Crippen LogP contribution is 2.68. The molecule has 0 bridgehead atoms. The zero-order valence-electron chi connectivity index (χ0n) is 17.9. The van der Waals surface area contributed by atoms with Gasteiger partial charge in [0.05, 0.1) is 45.7 Å². The maximum atomic E-state index is 13.5. The monoisotopic (exact) mass is 533 g/mol. The third-order valence-electron chi connectivity index (χ3n) is 7.40. The number of carboxylic acid groups (broad SMARTS) is 1. The number of aliphatic carboxylic acids is 1. The summed E-state index contributed by atoms with van der Waals surface area (Å²) in [7, 11) is -4.44. The van der Waals surface area contributed by atoms with Gasteiger partial charge >= 0.3 is 5.97 Å². The summed E-state index contributed by atoms with van der Waals surface area (Å²) < 4.78 is 67.2. The summed E-state index contributed by atoms with van der Waals surface area (Å²) in [5, 5.41) is 17.8. The van der Waals surface area contributed by atoms with Crippen LogP contribution in [0.1, 0.15) is 19.3 Å². The first-order chi connectivity index (χ1) is 16.1. The molecule has 1 saturated heterocycles. The van der Waals surface area contributed by atoms with Crippen molar-refractivity contribution in [2.24, 2.45) is 28.4 Å². The third kappa shape index (κ3) is 3.65. The van der Waals surface area contributed by atoms with Crippen molar-refractivity contribution in [3.8, 4) is 6.07 Å². The number of nitrogens with two attached hydrogens (primary N) is 1. The molecule has 9 nitrogen and oxygen atoms in total. The van der Waals surface area contributed by atoms with Crippen LogP contribution < -0.4 is 5.73 Å². The normalized spacial score (nSPS) is 33.5. The maximum Gasteiger partial charge on any atom is 0.310 e. The zero-order valence-corrected chi connectivity index (χ0v) is 19.5. The molecule has 2 unspecified atom stereocenters.